The summed E-state index contributed by atoms with van der Waals surface area (Å²) >= 11 is 0. The van der Waals surface area contributed by atoms with Gasteiger partial charge in [0, 0.05) is 29.9 Å². The van der Waals surface area contributed by atoms with Gasteiger partial charge in [0.15, 0.2) is 6.29 Å². The number of esters is 1. The minimum Gasteiger partial charge on any atom is -0.493 e. The third kappa shape index (κ3) is 8.03. The summed E-state index contributed by atoms with van der Waals surface area (Å²) in [6.45, 7) is 6.45. The van der Waals surface area contributed by atoms with Crippen LogP contribution in [0.25, 0.3) is 11.0 Å². The van der Waals surface area contributed by atoms with Crippen molar-refractivity contribution in [2.45, 2.75) is 108 Å². The molecule has 1 saturated carbocycles. The minimum atomic E-state index is -2.33. The maximum Gasteiger partial charge on any atom is 0.336 e. The molecular weight excluding hydrogens is 672 g/mol. The van der Waals surface area contributed by atoms with E-state index in [1.54, 1.807) is 12.1 Å². The molecule has 7 N–H and O–H groups in total. The summed E-state index contributed by atoms with van der Waals surface area (Å²) in [5.74, 6) is -2.12. The summed E-state index contributed by atoms with van der Waals surface area (Å²) in [5.41, 5.74) is 1.91. The number of carbonyl (C=O) groups excluding carboxylic acids is 1. The summed E-state index contributed by atoms with van der Waals surface area (Å²) in [6.07, 6.45) is -11.3. The normalized spacial score (nSPS) is 37.0. The molecule has 5 rings (SSSR count). The van der Waals surface area contributed by atoms with E-state index >= 15 is 0 Å². The number of aliphatic hydroxyl groups is 7. The van der Waals surface area contributed by atoms with Crippen LogP contribution in [0.5, 0.6) is 5.75 Å². The second-order valence-corrected chi connectivity index (χ2v) is 14.3. The Bertz CT molecular complexity index is 1600. The molecule has 0 amide bonds. The van der Waals surface area contributed by atoms with Crippen LogP contribution in [-0.4, -0.2) is 123 Å². The maximum atomic E-state index is 13.2. The van der Waals surface area contributed by atoms with E-state index in [2.05, 4.69) is 13.8 Å². The number of hydrogen-bond acceptors (Lipinski definition) is 15. The van der Waals surface area contributed by atoms with Crippen LogP contribution >= 0.6 is 0 Å². The molecule has 284 valence electrons. The average Bonchev–Trinajstić information content (AvgIpc) is 3.34. The summed E-state index contributed by atoms with van der Waals surface area (Å²) in [5, 5.41) is 72.6. The fourth-order valence-electron chi connectivity index (χ4n) is 7.76. The van der Waals surface area contributed by atoms with Crippen molar-refractivity contribution in [3.63, 3.8) is 0 Å². The van der Waals surface area contributed by atoms with Crippen LogP contribution in [0.1, 0.15) is 53.4 Å². The number of hydrogen-bond donors (Lipinski definition) is 7. The second-order valence-electron chi connectivity index (χ2n) is 14.3. The maximum absolute atomic E-state index is 13.2. The van der Waals surface area contributed by atoms with Gasteiger partial charge in [-0.2, -0.15) is 0 Å². The fraction of sp³-hybridized carbons (Fsp3) is 0.667. The molecule has 0 spiro atoms. The lowest BCUT2D eigenvalue weighted by Gasteiger charge is -2.48. The van der Waals surface area contributed by atoms with E-state index in [0.29, 0.717) is 24.4 Å². The van der Waals surface area contributed by atoms with Crippen molar-refractivity contribution in [3.8, 4) is 5.75 Å². The van der Waals surface area contributed by atoms with Crippen molar-refractivity contribution in [2.75, 3.05) is 26.4 Å². The van der Waals surface area contributed by atoms with Gasteiger partial charge in [-0.05, 0) is 62.6 Å². The Kier molecular flexibility index (Phi) is 12.3. The number of aliphatic hydroxyl groups excluding tert-OH is 7. The van der Waals surface area contributed by atoms with Crippen molar-refractivity contribution in [1.29, 1.82) is 0 Å². The van der Waals surface area contributed by atoms with Crippen molar-refractivity contribution < 1.29 is 68.6 Å². The Morgan fingerprint density at radius 3 is 2.35 bits per heavy atom. The standard InChI is InChI=1S/C36H50O15/c1-18(2)22-9-5-19(3)23(15-46-21-8-6-20-7-10-28(40)48-24(20)13-21)35(22,4)12-11-27(39)47-16-26-29(41)31(43)32(44)34(49-26)51-36(17-38)33(45)30(42)25(14-37)50-36/h6-8,10,13,19,23,25-26,29-34,37-38,41-45H,5,9,11-12,14-17H2,1-4H3/t19?,23?,25-,26-,29-,30-,31+,32-,33+,34-,35?,36+/m1/s1. The third-order valence-electron chi connectivity index (χ3n) is 10.8. The zero-order valence-corrected chi connectivity index (χ0v) is 29.2. The third-order valence-corrected chi connectivity index (χ3v) is 10.8. The van der Waals surface area contributed by atoms with E-state index < -0.39 is 91.6 Å². The van der Waals surface area contributed by atoms with Crippen LogP contribution in [-0.2, 0) is 23.7 Å². The van der Waals surface area contributed by atoms with Gasteiger partial charge < -0.3 is 63.8 Å². The predicted octanol–water partition coefficient (Wildman–Crippen LogP) is 0.510. The van der Waals surface area contributed by atoms with Crippen LogP contribution < -0.4 is 10.4 Å². The minimum absolute atomic E-state index is 0.000351. The molecule has 2 aromatic rings. The summed E-state index contributed by atoms with van der Waals surface area (Å²) < 4.78 is 33.6. The largest absolute Gasteiger partial charge is 0.493 e. The highest BCUT2D eigenvalue weighted by atomic mass is 16.8. The molecule has 3 aliphatic rings. The van der Waals surface area contributed by atoms with Gasteiger partial charge in [0.05, 0.1) is 13.2 Å². The fourth-order valence-corrected chi connectivity index (χ4v) is 7.76. The first-order chi connectivity index (χ1) is 24.1. The van der Waals surface area contributed by atoms with Crippen LogP contribution in [0.3, 0.4) is 0 Å². The summed E-state index contributed by atoms with van der Waals surface area (Å²) in [7, 11) is 0. The molecule has 1 aromatic heterocycles. The molecule has 3 fully saturated rings. The molecule has 3 unspecified atom stereocenters. The van der Waals surface area contributed by atoms with Gasteiger partial charge in [0.1, 0.15) is 67.3 Å². The first-order valence-corrected chi connectivity index (χ1v) is 17.3. The lowest BCUT2D eigenvalue weighted by molar-refractivity contribution is -0.383. The number of allylic oxidation sites excluding steroid dienone is 2. The Hall–Kier alpha value is -2.96. The number of carbonyl (C=O) groups is 1. The van der Waals surface area contributed by atoms with Crippen molar-refractivity contribution in [3.05, 3.63) is 51.9 Å². The van der Waals surface area contributed by atoms with Gasteiger partial charge in [0.25, 0.3) is 0 Å². The number of benzene rings is 1. The first-order valence-electron chi connectivity index (χ1n) is 17.3. The van der Waals surface area contributed by atoms with Gasteiger partial charge >= 0.3 is 11.6 Å². The van der Waals surface area contributed by atoms with Gasteiger partial charge in [-0.15, -0.1) is 0 Å². The first kappa shape index (κ1) is 39.3. The van der Waals surface area contributed by atoms with Gasteiger partial charge in [-0.25, -0.2) is 4.79 Å². The van der Waals surface area contributed by atoms with Crippen molar-refractivity contribution in [2.24, 2.45) is 17.3 Å². The molecular formula is C36H50O15. The van der Waals surface area contributed by atoms with E-state index in [1.807, 2.05) is 26.0 Å². The van der Waals surface area contributed by atoms with Crippen LogP contribution in [0.4, 0.5) is 0 Å². The van der Waals surface area contributed by atoms with Gasteiger partial charge in [-0.1, -0.05) is 25.0 Å². The van der Waals surface area contributed by atoms with Crippen LogP contribution in [0.15, 0.2) is 50.7 Å². The van der Waals surface area contributed by atoms with Crippen LogP contribution in [0.2, 0.25) is 0 Å². The number of fused-ring (bicyclic) bond motifs is 1. The van der Waals surface area contributed by atoms with Gasteiger partial charge in [-0.3, -0.25) is 4.79 Å². The molecule has 3 heterocycles. The monoisotopic (exact) mass is 722 g/mol. The SMILES string of the molecule is CC(C)=C1CCC(C)C(COc2ccc3ccc(=O)oc3c2)C1(C)CCC(=O)OC[C@H]1O[C@H](O[C@]2(CO)O[C@H](CO)[C@@H](O)[C@@H]2O)[C@H](O)[C@@H](O)[C@@H]1O. The molecule has 12 atom stereocenters. The average molecular weight is 723 g/mol. The molecule has 15 nitrogen and oxygen atoms in total. The zero-order valence-electron chi connectivity index (χ0n) is 29.2. The van der Waals surface area contributed by atoms with E-state index in [0.717, 1.165) is 23.8 Å². The lowest BCUT2D eigenvalue weighted by atomic mass is 9.58. The van der Waals surface area contributed by atoms with Crippen molar-refractivity contribution in [1.82, 2.24) is 0 Å². The lowest BCUT2D eigenvalue weighted by Crippen LogP contribution is -2.62. The Morgan fingerprint density at radius 1 is 0.961 bits per heavy atom. The quantitative estimate of drug-likeness (QED) is 0.0898. The second kappa shape index (κ2) is 16.0. The molecule has 15 heteroatoms. The highest BCUT2D eigenvalue weighted by molar-refractivity contribution is 5.77. The predicted molar refractivity (Wildman–Crippen MR) is 178 cm³/mol. The highest BCUT2D eigenvalue weighted by Gasteiger charge is 2.58. The van der Waals surface area contributed by atoms with E-state index in [-0.39, 0.29) is 18.3 Å². The molecule has 1 aliphatic carbocycles. The van der Waals surface area contributed by atoms with E-state index in [9.17, 15) is 45.3 Å². The molecule has 0 radical (unpaired) electrons. The smallest absolute Gasteiger partial charge is 0.336 e. The summed E-state index contributed by atoms with van der Waals surface area (Å²) in [6, 6.07) is 8.38. The number of ether oxygens (including phenoxy) is 5. The topological polar surface area (TPSA) is 235 Å². The molecule has 0 bridgehead atoms. The molecule has 2 aliphatic heterocycles. The Balaban J connectivity index is 1.24. The number of rotatable bonds is 12. The van der Waals surface area contributed by atoms with Crippen molar-refractivity contribution >= 4 is 16.9 Å². The van der Waals surface area contributed by atoms with Crippen LogP contribution in [0, 0.1) is 17.3 Å². The zero-order chi connectivity index (χ0) is 37.2. The van der Waals surface area contributed by atoms with E-state index in [4.69, 9.17) is 28.1 Å². The highest BCUT2D eigenvalue weighted by Crippen LogP contribution is 2.52. The molecule has 51 heavy (non-hydrogen) atoms. The van der Waals surface area contributed by atoms with Gasteiger partial charge in [0.2, 0.25) is 5.79 Å². The molecule has 1 aromatic carbocycles. The summed E-state index contributed by atoms with van der Waals surface area (Å²) in [4.78, 5) is 24.9. The molecule has 2 saturated heterocycles. The Morgan fingerprint density at radius 2 is 1.69 bits per heavy atom. The van der Waals surface area contributed by atoms with E-state index in [1.165, 1.54) is 11.6 Å². The Labute approximate surface area is 295 Å².